The predicted molar refractivity (Wildman–Crippen MR) is 116 cm³/mol. The number of benzene rings is 2. The molecular formula is C24H21FN2O4. The van der Waals surface area contributed by atoms with E-state index in [4.69, 9.17) is 4.42 Å². The van der Waals surface area contributed by atoms with Gasteiger partial charge in [0.2, 0.25) is 0 Å². The molecule has 4 aromatic rings. The molecule has 0 aliphatic heterocycles. The second kappa shape index (κ2) is 8.29. The summed E-state index contributed by atoms with van der Waals surface area (Å²) in [6, 6.07) is 14.1. The molecule has 0 aliphatic carbocycles. The molecule has 0 bridgehead atoms. The molecule has 158 valence electrons. The summed E-state index contributed by atoms with van der Waals surface area (Å²) < 4.78 is 20.2. The van der Waals surface area contributed by atoms with E-state index in [0.29, 0.717) is 28.0 Å². The maximum Gasteiger partial charge on any atom is 0.193 e. The van der Waals surface area contributed by atoms with Crippen LogP contribution in [0.5, 0.6) is 0 Å². The predicted octanol–water partition coefficient (Wildman–Crippen LogP) is 4.46. The van der Waals surface area contributed by atoms with Crippen molar-refractivity contribution >= 4 is 16.7 Å². The molecule has 2 aromatic heterocycles. The van der Waals surface area contributed by atoms with Crippen LogP contribution in [-0.2, 0) is 0 Å². The van der Waals surface area contributed by atoms with Gasteiger partial charge in [-0.15, -0.1) is 0 Å². The second-order valence-electron chi connectivity index (χ2n) is 7.36. The summed E-state index contributed by atoms with van der Waals surface area (Å²) >= 11 is 0. The van der Waals surface area contributed by atoms with E-state index in [0.717, 1.165) is 11.6 Å². The van der Waals surface area contributed by atoms with Gasteiger partial charge in [-0.1, -0.05) is 18.2 Å². The van der Waals surface area contributed by atoms with Gasteiger partial charge >= 0.3 is 0 Å². The van der Waals surface area contributed by atoms with E-state index in [1.807, 2.05) is 19.9 Å². The monoisotopic (exact) mass is 420 g/mol. The van der Waals surface area contributed by atoms with Crippen molar-refractivity contribution in [1.82, 2.24) is 4.98 Å². The van der Waals surface area contributed by atoms with Gasteiger partial charge in [0.1, 0.15) is 17.1 Å². The molecule has 0 saturated heterocycles. The minimum atomic E-state index is -1.97. The molecule has 0 aliphatic rings. The summed E-state index contributed by atoms with van der Waals surface area (Å²) in [5.74, 6) is -0.391. The Morgan fingerprint density at radius 3 is 2.61 bits per heavy atom. The van der Waals surface area contributed by atoms with Crippen LogP contribution in [-0.4, -0.2) is 15.2 Å². The summed E-state index contributed by atoms with van der Waals surface area (Å²) in [4.78, 5) is 17.1. The van der Waals surface area contributed by atoms with Crippen LogP contribution in [0.3, 0.4) is 0 Å². The molecule has 0 radical (unpaired) electrons. The maximum absolute atomic E-state index is 14.1. The molecule has 2 heterocycles. The molecule has 7 heteroatoms. The quantitative estimate of drug-likeness (QED) is 0.413. The number of anilines is 1. The molecule has 0 fully saturated rings. The lowest BCUT2D eigenvalue weighted by Crippen LogP contribution is -2.13. The maximum atomic E-state index is 14.1. The number of nitrogens with one attached hydrogen (secondary N) is 1. The number of halogens is 1. The third-order valence-corrected chi connectivity index (χ3v) is 5.07. The zero-order valence-corrected chi connectivity index (χ0v) is 17.0. The minimum Gasteiger partial charge on any atom is -0.454 e. The van der Waals surface area contributed by atoms with Crippen molar-refractivity contribution in [2.45, 2.75) is 26.2 Å². The number of fused-ring (bicyclic) bond motifs is 1. The van der Waals surface area contributed by atoms with Crippen LogP contribution >= 0.6 is 0 Å². The highest BCUT2D eigenvalue weighted by Gasteiger charge is 2.20. The van der Waals surface area contributed by atoms with Crippen molar-refractivity contribution in [3.05, 3.63) is 93.5 Å². The fraction of sp³-hybridized carbons (Fsp3) is 0.167. The minimum absolute atomic E-state index is 0.198. The summed E-state index contributed by atoms with van der Waals surface area (Å²) in [6.45, 7) is 3.69. The normalized spacial score (nSPS) is 12.3. The number of aliphatic hydroxyl groups is 2. The van der Waals surface area contributed by atoms with Gasteiger partial charge in [-0.3, -0.25) is 9.78 Å². The van der Waals surface area contributed by atoms with Gasteiger partial charge in [-0.25, -0.2) is 4.39 Å². The topological polar surface area (TPSA) is 95.6 Å². The Morgan fingerprint density at radius 2 is 1.90 bits per heavy atom. The first-order chi connectivity index (χ1) is 14.8. The van der Waals surface area contributed by atoms with Crippen molar-refractivity contribution in [2.24, 2.45) is 0 Å². The zero-order valence-electron chi connectivity index (χ0n) is 17.0. The average Bonchev–Trinajstić information content (AvgIpc) is 2.74. The Labute approximate surface area is 177 Å². The van der Waals surface area contributed by atoms with Crippen molar-refractivity contribution < 1.29 is 19.0 Å². The molecule has 2 aromatic carbocycles. The van der Waals surface area contributed by atoms with Crippen LogP contribution in [0.4, 0.5) is 10.1 Å². The van der Waals surface area contributed by atoms with Gasteiger partial charge in [-0.2, -0.15) is 0 Å². The number of hydrogen-bond donors (Lipinski definition) is 3. The van der Waals surface area contributed by atoms with Gasteiger partial charge in [0, 0.05) is 23.5 Å². The van der Waals surface area contributed by atoms with Crippen LogP contribution in [0.25, 0.3) is 22.4 Å². The molecule has 6 nitrogen and oxygen atoms in total. The van der Waals surface area contributed by atoms with Crippen LogP contribution < -0.4 is 10.7 Å². The van der Waals surface area contributed by atoms with Crippen molar-refractivity contribution in [3.63, 3.8) is 0 Å². The molecule has 4 rings (SSSR count). The number of nitrogens with zero attached hydrogens (tertiary/aromatic N) is 1. The van der Waals surface area contributed by atoms with Crippen LogP contribution in [0, 0.1) is 12.7 Å². The van der Waals surface area contributed by atoms with Crippen LogP contribution in [0.1, 0.15) is 35.9 Å². The van der Waals surface area contributed by atoms with Crippen molar-refractivity contribution in [3.8, 4) is 11.5 Å². The van der Waals surface area contributed by atoms with E-state index in [9.17, 15) is 19.4 Å². The van der Waals surface area contributed by atoms with Crippen LogP contribution in [0.15, 0.2) is 70.0 Å². The van der Waals surface area contributed by atoms with Gasteiger partial charge in [0.05, 0.1) is 17.0 Å². The number of hydrogen-bond acceptors (Lipinski definition) is 6. The number of rotatable bonds is 5. The third-order valence-electron chi connectivity index (χ3n) is 5.07. The molecule has 1 atom stereocenters. The van der Waals surface area contributed by atoms with E-state index in [1.54, 1.807) is 36.5 Å². The molecule has 31 heavy (non-hydrogen) atoms. The van der Waals surface area contributed by atoms with E-state index >= 15 is 0 Å². The fourth-order valence-corrected chi connectivity index (χ4v) is 3.63. The van der Waals surface area contributed by atoms with Crippen molar-refractivity contribution in [2.75, 3.05) is 5.32 Å². The smallest absolute Gasteiger partial charge is 0.193 e. The lowest BCUT2D eigenvalue weighted by Gasteiger charge is -2.21. The third kappa shape index (κ3) is 4.05. The van der Waals surface area contributed by atoms with E-state index in [-0.39, 0.29) is 16.7 Å². The van der Waals surface area contributed by atoms with E-state index < -0.39 is 18.1 Å². The van der Waals surface area contributed by atoms with Gasteiger partial charge in [-0.05, 0) is 49.7 Å². The van der Waals surface area contributed by atoms with E-state index in [2.05, 4.69) is 10.3 Å². The van der Waals surface area contributed by atoms with Gasteiger partial charge in [0.15, 0.2) is 17.5 Å². The summed E-state index contributed by atoms with van der Waals surface area (Å²) in [5.41, 5.74) is 2.24. The number of pyridine rings is 1. The molecule has 3 N–H and O–H groups in total. The van der Waals surface area contributed by atoms with Gasteiger partial charge < -0.3 is 19.9 Å². The molecule has 0 saturated carbocycles. The molecular weight excluding hydrogens is 399 g/mol. The van der Waals surface area contributed by atoms with Crippen molar-refractivity contribution in [1.29, 1.82) is 0 Å². The summed E-state index contributed by atoms with van der Waals surface area (Å²) in [5, 5.41) is 22.7. The SMILES string of the molecule is Cc1cc(C(C)Nc2cccc(F)c2C(O)O)c2oc(-c3ccccn3)cc(=O)c2c1. The average molecular weight is 420 g/mol. The fourth-order valence-electron chi connectivity index (χ4n) is 3.63. The van der Waals surface area contributed by atoms with E-state index in [1.165, 1.54) is 12.1 Å². The standard InChI is InChI=1S/C24H21FN2O4/c1-13-10-15(14(2)27-19-8-5-6-17(25)22(19)24(29)30)23-16(11-13)20(28)12-21(31-23)18-7-3-4-9-26-18/h3-12,14,24,27,29-30H,1-2H3. The highest BCUT2D eigenvalue weighted by Crippen LogP contribution is 2.32. The van der Waals surface area contributed by atoms with Crippen LogP contribution in [0.2, 0.25) is 0 Å². The molecule has 0 spiro atoms. The number of aliphatic hydroxyl groups excluding tert-OH is 1. The summed E-state index contributed by atoms with van der Waals surface area (Å²) in [7, 11) is 0. The second-order valence-corrected chi connectivity index (χ2v) is 7.36. The molecule has 1 unspecified atom stereocenters. The number of aromatic nitrogens is 1. The Balaban J connectivity index is 1.85. The Bertz CT molecular complexity index is 1300. The van der Waals surface area contributed by atoms with Gasteiger partial charge in [0.25, 0.3) is 0 Å². The zero-order chi connectivity index (χ0) is 22.1. The Kier molecular flexibility index (Phi) is 5.54. The highest BCUT2D eigenvalue weighted by molar-refractivity contribution is 5.83. The Morgan fingerprint density at radius 1 is 1.10 bits per heavy atom. The summed E-state index contributed by atoms with van der Waals surface area (Å²) in [6.07, 6.45) is -0.357. The first-order valence-corrected chi connectivity index (χ1v) is 9.76. The largest absolute Gasteiger partial charge is 0.454 e. The Hall–Kier alpha value is -3.55. The first kappa shape index (κ1) is 20.7. The number of aryl methyl sites for hydroxylation is 1. The molecule has 0 amide bonds. The lowest BCUT2D eigenvalue weighted by atomic mass is 10.0. The highest BCUT2D eigenvalue weighted by atomic mass is 19.1. The first-order valence-electron chi connectivity index (χ1n) is 9.76. The lowest BCUT2D eigenvalue weighted by molar-refractivity contribution is -0.0443.